The summed E-state index contributed by atoms with van der Waals surface area (Å²) < 4.78 is 21.9. The van der Waals surface area contributed by atoms with E-state index < -0.39 is 28.6 Å². The van der Waals surface area contributed by atoms with Gasteiger partial charge in [0, 0.05) is 16.5 Å². The monoisotopic (exact) mass is 379 g/mol. The van der Waals surface area contributed by atoms with Gasteiger partial charge in [-0.05, 0) is 43.3 Å². The Hall–Kier alpha value is -2.94. The summed E-state index contributed by atoms with van der Waals surface area (Å²) in [6, 6.07) is 8.78. The molecule has 1 unspecified atom stereocenters. The second-order valence-electron chi connectivity index (χ2n) is 5.15. The molecule has 0 aliphatic heterocycles. The summed E-state index contributed by atoms with van der Waals surface area (Å²) in [5.41, 5.74) is 0.812. The van der Waals surface area contributed by atoms with Gasteiger partial charge in [0.15, 0.2) is 0 Å². The van der Waals surface area contributed by atoms with Crippen LogP contribution in [0.1, 0.15) is 33.6 Å². The van der Waals surface area contributed by atoms with Gasteiger partial charge in [0.25, 0.3) is 0 Å². The van der Waals surface area contributed by atoms with Crippen molar-refractivity contribution in [3.63, 3.8) is 0 Å². The molecule has 1 aromatic heterocycles. The SMILES string of the molecule is CCOC(=O)c1ccc(NC(=O)CS(=O)Cc2ccc(C(=O)O)o2)cc1. The van der Waals surface area contributed by atoms with Gasteiger partial charge in [0.1, 0.15) is 11.5 Å². The molecule has 0 bridgehead atoms. The van der Waals surface area contributed by atoms with Crippen LogP contribution in [0, 0.1) is 0 Å². The zero-order valence-electron chi connectivity index (χ0n) is 13.9. The van der Waals surface area contributed by atoms with Gasteiger partial charge in [0.2, 0.25) is 11.7 Å². The predicted octanol–water partition coefficient (Wildman–Crippen LogP) is 2.04. The predicted molar refractivity (Wildman–Crippen MR) is 93.4 cm³/mol. The fourth-order valence-corrected chi connectivity index (χ4v) is 2.97. The molecule has 2 N–H and O–H groups in total. The summed E-state index contributed by atoms with van der Waals surface area (Å²) in [4.78, 5) is 34.2. The Labute approximate surface area is 151 Å². The minimum Gasteiger partial charge on any atom is -0.475 e. The first-order chi connectivity index (χ1) is 12.4. The quantitative estimate of drug-likeness (QED) is 0.673. The first kappa shape index (κ1) is 19.4. The highest BCUT2D eigenvalue weighted by molar-refractivity contribution is 7.84. The number of anilines is 1. The minimum absolute atomic E-state index is 0.0670. The van der Waals surface area contributed by atoms with Gasteiger partial charge < -0.3 is 19.6 Å². The maximum atomic E-state index is 12.0. The highest BCUT2D eigenvalue weighted by atomic mass is 32.2. The van der Waals surface area contributed by atoms with Gasteiger partial charge in [-0.2, -0.15) is 0 Å². The summed E-state index contributed by atoms with van der Waals surface area (Å²) in [7, 11) is -1.56. The molecule has 138 valence electrons. The molecule has 2 rings (SSSR count). The second-order valence-corrected chi connectivity index (χ2v) is 6.60. The maximum Gasteiger partial charge on any atom is 0.371 e. The Kier molecular flexibility index (Phi) is 6.67. The van der Waals surface area contributed by atoms with E-state index in [1.54, 1.807) is 19.1 Å². The molecule has 0 aliphatic rings. The number of carbonyl (C=O) groups is 3. The Morgan fingerprint density at radius 2 is 1.85 bits per heavy atom. The smallest absolute Gasteiger partial charge is 0.371 e. The lowest BCUT2D eigenvalue weighted by atomic mass is 10.2. The van der Waals surface area contributed by atoms with Gasteiger partial charge in [-0.1, -0.05) is 0 Å². The Balaban J connectivity index is 1.86. The molecule has 8 nitrogen and oxygen atoms in total. The molecule has 0 aliphatic carbocycles. The normalized spacial score (nSPS) is 11.6. The van der Waals surface area contributed by atoms with Crippen LogP contribution < -0.4 is 5.32 Å². The molecule has 1 aromatic carbocycles. The van der Waals surface area contributed by atoms with E-state index in [2.05, 4.69) is 5.32 Å². The van der Waals surface area contributed by atoms with Crippen molar-refractivity contribution in [2.45, 2.75) is 12.7 Å². The van der Waals surface area contributed by atoms with Crippen molar-refractivity contribution >= 4 is 34.3 Å². The zero-order chi connectivity index (χ0) is 19.1. The molecule has 2 aromatic rings. The van der Waals surface area contributed by atoms with Crippen molar-refractivity contribution in [3.8, 4) is 0 Å². The molecule has 9 heteroatoms. The lowest BCUT2D eigenvalue weighted by molar-refractivity contribution is -0.113. The second kappa shape index (κ2) is 8.95. The van der Waals surface area contributed by atoms with Crippen LogP contribution in [0.3, 0.4) is 0 Å². The van der Waals surface area contributed by atoms with Crippen LogP contribution in [0.25, 0.3) is 0 Å². The van der Waals surface area contributed by atoms with Crippen molar-refractivity contribution < 1.29 is 32.9 Å². The number of esters is 1. The van der Waals surface area contributed by atoms with E-state index >= 15 is 0 Å². The number of amides is 1. The molecular weight excluding hydrogens is 362 g/mol. The number of benzene rings is 1. The van der Waals surface area contributed by atoms with Crippen LogP contribution in [-0.2, 0) is 26.1 Å². The lowest BCUT2D eigenvalue weighted by Gasteiger charge is -2.06. The summed E-state index contributed by atoms with van der Waals surface area (Å²) in [5.74, 6) is -2.50. The summed E-state index contributed by atoms with van der Waals surface area (Å²) in [6.07, 6.45) is 0. The average molecular weight is 379 g/mol. The standard InChI is InChI=1S/C17H17NO7S/c1-2-24-17(22)11-3-5-12(6-4-11)18-15(19)10-26(23)9-13-7-8-14(25-13)16(20)21/h3-8H,2,9-10H2,1H3,(H,18,19)(H,20,21). The first-order valence-electron chi connectivity index (χ1n) is 7.63. The largest absolute Gasteiger partial charge is 0.475 e. The average Bonchev–Trinajstić information content (AvgIpc) is 3.04. The van der Waals surface area contributed by atoms with E-state index in [0.717, 1.165) is 0 Å². The fraction of sp³-hybridized carbons (Fsp3) is 0.235. The van der Waals surface area contributed by atoms with Crippen LogP contribution in [0.15, 0.2) is 40.8 Å². The lowest BCUT2D eigenvalue weighted by Crippen LogP contribution is -2.20. The van der Waals surface area contributed by atoms with Crippen molar-refractivity contribution in [2.75, 3.05) is 17.7 Å². The van der Waals surface area contributed by atoms with Crippen LogP contribution in [0.4, 0.5) is 5.69 Å². The van der Waals surface area contributed by atoms with Crippen LogP contribution in [-0.4, -0.2) is 39.5 Å². The topological polar surface area (TPSA) is 123 Å². The minimum atomic E-state index is -1.56. The molecular formula is C17H17NO7S. The Morgan fingerprint density at radius 3 is 2.42 bits per heavy atom. The first-order valence-corrected chi connectivity index (χ1v) is 9.12. The number of hydrogen-bond donors (Lipinski definition) is 2. The zero-order valence-corrected chi connectivity index (χ0v) is 14.7. The molecule has 0 fully saturated rings. The van der Waals surface area contributed by atoms with Crippen molar-refractivity contribution in [2.24, 2.45) is 0 Å². The van der Waals surface area contributed by atoms with Gasteiger partial charge in [-0.3, -0.25) is 9.00 Å². The highest BCUT2D eigenvalue weighted by Gasteiger charge is 2.14. The van der Waals surface area contributed by atoms with E-state index in [0.29, 0.717) is 11.3 Å². The number of aromatic carboxylic acids is 1. The van der Waals surface area contributed by atoms with Crippen LogP contribution in [0.2, 0.25) is 0 Å². The Bertz CT molecular complexity index is 826. The molecule has 1 heterocycles. The molecule has 1 amide bonds. The number of carboxylic acids is 1. The number of rotatable bonds is 8. The third-order valence-electron chi connectivity index (χ3n) is 3.15. The van der Waals surface area contributed by atoms with Crippen molar-refractivity contribution in [1.29, 1.82) is 0 Å². The van der Waals surface area contributed by atoms with Crippen LogP contribution in [0.5, 0.6) is 0 Å². The summed E-state index contributed by atoms with van der Waals surface area (Å²) >= 11 is 0. The summed E-state index contributed by atoms with van der Waals surface area (Å²) in [6.45, 7) is 1.98. The molecule has 26 heavy (non-hydrogen) atoms. The number of furan rings is 1. The molecule has 0 saturated carbocycles. The van der Waals surface area contributed by atoms with Crippen LogP contribution >= 0.6 is 0 Å². The number of ether oxygens (including phenoxy) is 1. The number of nitrogens with one attached hydrogen (secondary N) is 1. The van der Waals surface area contributed by atoms with Gasteiger partial charge in [0.05, 0.1) is 17.9 Å². The molecule has 0 spiro atoms. The fourth-order valence-electron chi connectivity index (χ4n) is 2.03. The summed E-state index contributed by atoms with van der Waals surface area (Å²) in [5, 5.41) is 11.3. The maximum absolute atomic E-state index is 12.0. The molecule has 0 radical (unpaired) electrons. The van der Waals surface area contributed by atoms with E-state index in [1.807, 2.05) is 0 Å². The number of hydrogen-bond acceptors (Lipinski definition) is 6. The number of carbonyl (C=O) groups excluding carboxylic acids is 2. The van der Waals surface area contributed by atoms with Gasteiger partial charge in [-0.15, -0.1) is 0 Å². The van der Waals surface area contributed by atoms with E-state index in [9.17, 15) is 18.6 Å². The third kappa shape index (κ3) is 5.55. The number of carboxylic acid groups (broad SMARTS) is 1. The van der Waals surface area contributed by atoms with Crippen molar-refractivity contribution in [3.05, 3.63) is 53.5 Å². The van der Waals surface area contributed by atoms with E-state index in [4.69, 9.17) is 14.3 Å². The van der Waals surface area contributed by atoms with Crippen molar-refractivity contribution in [1.82, 2.24) is 0 Å². The van der Waals surface area contributed by atoms with E-state index in [-0.39, 0.29) is 29.6 Å². The van der Waals surface area contributed by atoms with Gasteiger partial charge in [-0.25, -0.2) is 9.59 Å². The third-order valence-corrected chi connectivity index (χ3v) is 4.34. The molecule has 0 saturated heterocycles. The van der Waals surface area contributed by atoms with Gasteiger partial charge >= 0.3 is 11.9 Å². The Morgan fingerprint density at radius 1 is 1.15 bits per heavy atom. The highest BCUT2D eigenvalue weighted by Crippen LogP contribution is 2.12. The molecule has 1 atom stereocenters. The van der Waals surface area contributed by atoms with E-state index in [1.165, 1.54) is 24.3 Å².